The molecule has 36 heavy (non-hydrogen) atoms. The van der Waals surface area contributed by atoms with Gasteiger partial charge in [-0.15, -0.1) is 0 Å². The summed E-state index contributed by atoms with van der Waals surface area (Å²) in [6, 6.07) is 3.37. The zero-order valence-corrected chi connectivity index (χ0v) is 21.4. The number of fused-ring (bicyclic) bond motifs is 1. The summed E-state index contributed by atoms with van der Waals surface area (Å²) in [6.07, 6.45) is 5.56. The molecule has 13 heteroatoms. The van der Waals surface area contributed by atoms with Crippen molar-refractivity contribution in [2.45, 2.75) is 6.42 Å². The molecular formula is C23H30N8O4S. The van der Waals surface area contributed by atoms with E-state index >= 15 is 0 Å². The normalized spacial score (nSPS) is 14.6. The standard InChI is InChI=1S/C23H30N8O4S/c1-29-21(33)16-5-6-17(35-12-4-7-30-8-10-31(36-3)11-9-30)19(34-2)18(16)27-23(29)28-20(32)15-13-25-22(24)26-14-15/h5-6,13-14H,4,7-12H2,1-3H3,(H2,24,25,26)(H,27,28,32). The van der Waals surface area contributed by atoms with Crippen LogP contribution in [0.3, 0.4) is 0 Å². The molecular weight excluding hydrogens is 484 g/mol. The van der Waals surface area contributed by atoms with E-state index in [4.69, 9.17) is 15.2 Å². The first-order valence-corrected chi connectivity index (χ1v) is 12.7. The number of anilines is 2. The lowest BCUT2D eigenvalue weighted by molar-refractivity contribution is 0.102. The van der Waals surface area contributed by atoms with Gasteiger partial charge >= 0.3 is 0 Å². The van der Waals surface area contributed by atoms with E-state index in [2.05, 4.69) is 35.7 Å². The van der Waals surface area contributed by atoms with Gasteiger partial charge in [-0.05, 0) is 24.8 Å². The van der Waals surface area contributed by atoms with Crippen molar-refractivity contribution in [3.05, 3.63) is 40.4 Å². The molecule has 2 aromatic heterocycles. The highest BCUT2D eigenvalue weighted by molar-refractivity contribution is 7.96. The van der Waals surface area contributed by atoms with E-state index in [0.717, 1.165) is 39.1 Å². The van der Waals surface area contributed by atoms with Gasteiger partial charge in [0.1, 0.15) is 5.52 Å². The number of ether oxygens (including phenoxy) is 2. The third-order valence-electron chi connectivity index (χ3n) is 5.99. The molecule has 1 amide bonds. The van der Waals surface area contributed by atoms with Crippen LogP contribution in [0.25, 0.3) is 10.9 Å². The van der Waals surface area contributed by atoms with E-state index in [1.54, 1.807) is 24.1 Å². The summed E-state index contributed by atoms with van der Waals surface area (Å²) >= 11 is 1.79. The Morgan fingerprint density at radius 3 is 2.58 bits per heavy atom. The Morgan fingerprint density at radius 1 is 1.19 bits per heavy atom. The summed E-state index contributed by atoms with van der Waals surface area (Å²) in [6.45, 7) is 5.66. The Balaban J connectivity index is 1.49. The Hall–Kier alpha value is -3.42. The van der Waals surface area contributed by atoms with Crippen LogP contribution in [0.4, 0.5) is 11.9 Å². The number of carbonyl (C=O) groups excluding carboxylic acids is 1. The second-order valence-corrected chi connectivity index (χ2v) is 9.11. The number of aromatic nitrogens is 4. The van der Waals surface area contributed by atoms with Gasteiger partial charge < -0.3 is 20.1 Å². The first kappa shape index (κ1) is 25.7. The molecule has 1 aliphatic rings. The average Bonchev–Trinajstić information content (AvgIpc) is 2.90. The van der Waals surface area contributed by atoms with Gasteiger partial charge in [0.05, 0.1) is 24.7 Å². The monoisotopic (exact) mass is 514 g/mol. The molecule has 1 fully saturated rings. The largest absolute Gasteiger partial charge is 0.491 e. The molecule has 1 aliphatic heterocycles. The fourth-order valence-corrected chi connectivity index (χ4v) is 4.48. The smallest absolute Gasteiger partial charge is 0.262 e. The van der Waals surface area contributed by atoms with Crippen LogP contribution in [0.1, 0.15) is 16.8 Å². The van der Waals surface area contributed by atoms with Crippen LogP contribution in [0, 0.1) is 0 Å². The van der Waals surface area contributed by atoms with Crippen LogP contribution in [-0.2, 0) is 7.05 Å². The lowest BCUT2D eigenvalue weighted by atomic mass is 10.2. The van der Waals surface area contributed by atoms with E-state index in [-0.39, 0.29) is 23.0 Å². The fourth-order valence-electron chi connectivity index (χ4n) is 3.95. The van der Waals surface area contributed by atoms with Crippen molar-refractivity contribution in [3.8, 4) is 11.5 Å². The second kappa shape index (κ2) is 11.5. The average molecular weight is 515 g/mol. The summed E-state index contributed by atoms with van der Waals surface area (Å²) in [4.78, 5) is 40.2. The molecule has 1 saturated heterocycles. The quantitative estimate of drug-likeness (QED) is 0.315. The van der Waals surface area contributed by atoms with Crippen LogP contribution < -0.4 is 26.1 Å². The maximum absolute atomic E-state index is 13.0. The summed E-state index contributed by atoms with van der Waals surface area (Å²) in [5.74, 6) is 0.404. The number of hydrogen-bond acceptors (Lipinski definition) is 11. The minimum absolute atomic E-state index is 0.0501. The van der Waals surface area contributed by atoms with Crippen molar-refractivity contribution >= 4 is 40.7 Å². The van der Waals surface area contributed by atoms with Gasteiger partial charge in [0.15, 0.2) is 11.5 Å². The summed E-state index contributed by atoms with van der Waals surface area (Å²) < 4.78 is 15.2. The molecule has 0 bridgehead atoms. The maximum Gasteiger partial charge on any atom is 0.262 e. The number of methoxy groups -OCH3 is 1. The predicted octanol–water partition coefficient (Wildman–Crippen LogP) is 1.23. The van der Waals surface area contributed by atoms with Crippen molar-refractivity contribution in [2.75, 3.05) is 63.7 Å². The van der Waals surface area contributed by atoms with Crippen LogP contribution in [0.2, 0.25) is 0 Å². The van der Waals surface area contributed by atoms with Crippen molar-refractivity contribution in [1.82, 2.24) is 28.7 Å². The third-order valence-corrected chi connectivity index (χ3v) is 6.88. The molecule has 192 valence electrons. The van der Waals surface area contributed by atoms with Crippen molar-refractivity contribution in [1.29, 1.82) is 0 Å². The molecule has 3 heterocycles. The molecule has 3 N–H and O–H groups in total. The van der Waals surface area contributed by atoms with Crippen LogP contribution in [0.5, 0.6) is 11.5 Å². The Bertz CT molecular complexity index is 1280. The van der Waals surface area contributed by atoms with Crippen molar-refractivity contribution < 1.29 is 14.3 Å². The topological polar surface area (TPSA) is 141 Å². The zero-order valence-electron chi connectivity index (χ0n) is 20.6. The molecule has 1 aromatic carbocycles. The lowest BCUT2D eigenvalue weighted by Crippen LogP contribution is -2.43. The van der Waals surface area contributed by atoms with E-state index in [1.165, 1.54) is 31.1 Å². The van der Waals surface area contributed by atoms with Gasteiger partial charge in [-0.25, -0.2) is 19.3 Å². The van der Waals surface area contributed by atoms with Gasteiger partial charge in [0, 0.05) is 52.2 Å². The van der Waals surface area contributed by atoms with Gasteiger partial charge in [0.2, 0.25) is 11.9 Å². The Kier molecular flexibility index (Phi) is 8.23. The molecule has 0 atom stereocenters. The number of nitrogens with one attached hydrogen (secondary N) is 1. The molecule has 3 aromatic rings. The molecule has 12 nitrogen and oxygen atoms in total. The number of nitrogens with two attached hydrogens (primary N) is 1. The Morgan fingerprint density at radius 2 is 1.92 bits per heavy atom. The summed E-state index contributed by atoms with van der Waals surface area (Å²) in [5.41, 5.74) is 5.63. The zero-order chi connectivity index (χ0) is 25.7. The number of amides is 1. The van der Waals surface area contributed by atoms with Crippen LogP contribution in [-0.4, -0.2) is 87.3 Å². The van der Waals surface area contributed by atoms with Gasteiger partial charge in [-0.1, -0.05) is 11.9 Å². The van der Waals surface area contributed by atoms with E-state index < -0.39 is 5.91 Å². The number of benzene rings is 1. The first-order valence-electron chi connectivity index (χ1n) is 11.5. The fraction of sp³-hybridized carbons (Fsp3) is 0.435. The minimum Gasteiger partial charge on any atom is -0.491 e. The van der Waals surface area contributed by atoms with E-state index in [9.17, 15) is 9.59 Å². The molecule has 0 saturated carbocycles. The van der Waals surface area contributed by atoms with Crippen LogP contribution >= 0.6 is 11.9 Å². The molecule has 0 radical (unpaired) electrons. The second-order valence-electron chi connectivity index (χ2n) is 8.23. The maximum atomic E-state index is 13.0. The van der Waals surface area contributed by atoms with Gasteiger partial charge in [0.25, 0.3) is 11.5 Å². The van der Waals surface area contributed by atoms with Gasteiger partial charge in [-0.2, -0.15) is 0 Å². The highest BCUT2D eigenvalue weighted by Gasteiger charge is 2.19. The number of piperazine rings is 1. The van der Waals surface area contributed by atoms with Crippen molar-refractivity contribution in [3.63, 3.8) is 0 Å². The van der Waals surface area contributed by atoms with Crippen LogP contribution in [0.15, 0.2) is 29.3 Å². The molecule has 0 unspecified atom stereocenters. The highest BCUT2D eigenvalue weighted by Crippen LogP contribution is 2.34. The summed E-state index contributed by atoms with van der Waals surface area (Å²) in [7, 11) is 3.02. The third kappa shape index (κ3) is 5.69. The van der Waals surface area contributed by atoms with Gasteiger partial charge in [-0.3, -0.25) is 19.5 Å². The molecule has 0 spiro atoms. The Labute approximate surface area is 212 Å². The first-order chi connectivity index (χ1) is 17.4. The molecule has 0 aliphatic carbocycles. The highest BCUT2D eigenvalue weighted by atomic mass is 32.2. The number of nitrogens with zero attached hydrogens (tertiary/aromatic N) is 6. The lowest BCUT2D eigenvalue weighted by Gasteiger charge is -2.33. The van der Waals surface area contributed by atoms with E-state index in [0.29, 0.717) is 29.0 Å². The SMILES string of the molecule is COc1c(OCCCN2CCN(SC)CC2)ccc2c(=O)n(C)c(NC(=O)c3cnc(N)nc3)nc12. The molecule has 4 rings (SSSR count). The number of rotatable bonds is 9. The number of nitrogen functional groups attached to an aromatic ring is 1. The summed E-state index contributed by atoms with van der Waals surface area (Å²) in [5, 5.41) is 2.98. The minimum atomic E-state index is -0.526. The van der Waals surface area contributed by atoms with Crippen molar-refractivity contribution in [2.24, 2.45) is 7.05 Å². The number of carbonyl (C=O) groups is 1. The predicted molar refractivity (Wildman–Crippen MR) is 140 cm³/mol. The number of hydrogen-bond donors (Lipinski definition) is 2. The van der Waals surface area contributed by atoms with E-state index in [1.807, 2.05) is 0 Å².